The first-order chi connectivity index (χ1) is 15.6. The highest BCUT2D eigenvalue weighted by Gasteiger charge is 2.33. The van der Waals surface area contributed by atoms with E-state index in [1.54, 1.807) is 19.1 Å². The van der Waals surface area contributed by atoms with E-state index in [1.807, 2.05) is 6.07 Å². The quantitative estimate of drug-likeness (QED) is 0.624. The van der Waals surface area contributed by atoms with Crippen LogP contribution in [0.3, 0.4) is 0 Å². The molecular weight excluding hydrogens is 409 g/mol. The minimum Gasteiger partial charge on any atom is -0.396 e. The first-order valence-corrected chi connectivity index (χ1v) is 11.6. The van der Waals surface area contributed by atoms with Crippen LogP contribution in [0.15, 0.2) is 28.8 Å². The van der Waals surface area contributed by atoms with Gasteiger partial charge in [-0.05, 0) is 44.4 Å². The van der Waals surface area contributed by atoms with Crippen molar-refractivity contribution in [2.45, 2.75) is 57.5 Å². The van der Waals surface area contributed by atoms with Crippen molar-refractivity contribution in [3.05, 3.63) is 35.9 Å². The van der Waals surface area contributed by atoms with E-state index in [9.17, 15) is 9.50 Å². The molecule has 2 atom stereocenters. The number of aromatic nitrogens is 3. The number of fused-ring (bicyclic) bond motifs is 1. The highest BCUT2D eigenvalue weighted by molar-refractivity contribution is 5.88. The largest absolute Gasteiger partial charge is 0.396 e. The van der Waals surface area contributed by atoms with E-state index < -0.39 is 0 Å². The standard InChI is InChI=1S/C24H30FN5O2/c1-15-26-24(32-29-15)19-12-18-20(25)8-5-9-22(18)28-23(19)30-11-10-21(16(13-30)14-31)27-17-6-3-2-4-7-17/h5,8-9,12,16-17,21,27,31H,2-4,6-7,10-11,13-14H2,1H3. The molecule has 0 spiro atoms. The van der Waals surface area contributed by atoms with E-state index in [2.05, 4.69) is 20.4 Å². The molecule has 1 aliphatic heterocycles. The molecule has 2 aliphatic rings. The van der Waals surface area contributed by atoms with Crippen molar-refractivity contribution >= 4 is 16.7 Å². The number of aliphatic hydroxyl groups is 1. The fourth-order valence-corrected chi connectivity index (χ4v) is 5.16. The molecule has 3 heterocycles. The molecule has 1 aliphatic carbocycles. The lowest BCUT2D eigenvalue weighted by atomic mass is 9.89. The van der Waals surface area contributed by atoms with Crippen LogP contribution < -0.4 is 10.2 Å². The Kier molecular flexibility index (Phi) is 6.06. The van der Waals surface area contributed by atoms with Gasteiger partial charge in [0.05, 0.1) is 11.1 Å². The summed E-state index contributed by atoms with van der Waals surface area (Å²) in [5.74, 6) is 1.30. The minimum absolute atomic E-state index is 0.0907. The molecule has 5 rings (SSSR count). The number of benzene rings is 1. The van der Waals surface area contributed by atoms with Crippen LogP contribution in [0.1, 0.15) is 44.3 Å². The average Bonchev–Trinajstić information content (AvgIpc) is 3.25. The normalized spacial score (nSPS) is 22.5. The van der Waals surface area contributed by atoms with Crippen LogP contribution in [0.2, 0.25) is 0 Å². The zero-order valence-electron chi connectivity index (χ0n) is 18.4. The summed E-state index contributed by atoms with van der Waals surface area (Å²) < 4.78 is 19.9. The van der Waals surface area contributed by atoms with Gasteiger partial charge in [-0.15, -0.1) is 0 Å². The molecule has 2 fully saturated rings. The van der Waals surface area contributed by atoms with Crippen molar-refractivity contribution in [2.75, 3.05) is 24.6 Å². The van der Waals surface area contributed by atoms with E-state index in [4.69, 9.17) is 9.51 Å². The van der Waals surface area contributed by atoms with E-state index >= 15 is 0 Å². The highest BCUT2D eigenvalue weighted by Crippen LogP contribution is 2.35. The second-order valence-corrected chi connectivity index (χ2v) is 9.10. The third kappa shape index (κ3) is 4.21. The van der Waals surface area contributed by atoms with Crippen LogP contribution in [-0.4, -0.2) is 52.0 Å². The van der Waals surface area contributed by atoms with Crippen LogP contribution in [0, 0.1) is 18.7 Å². The third-order valence-corrected chi connectivity index (χ3v) is 6.87. The zero-order valence-corrected chi connectivity index (χ0v) is 18.4. The Labute approximate surface area is 187 Å². The van der Waals surface area contributed by atoms with Crippen molar-refractivity contribution < 1.29 is 14.0 Å². The number of nitrogens with one attached hydrogen (secondary N) is 1. The van der Waals surface area contributed by atoms with Gasteiger partial charge in [-0.3, -0.25) is 0 Å². The van der Waals surface area contributed by atoms with Crippen molar-refractivity contribution in [2.24, 2.45) is 5.92 Å². The van der Waals surface area contributed by atoms with E-state index in [-0.39, 0.29) is 24.4 Å². The summed E-state index contributed by atoms with van der Waals surface area (Å²) in [6.45, 7) is 3.31. The monoisotopic (exact) mass is 439 g/mol. The van der Waals surface area contributed by atoms with E-state index in [1.165, 1.54) is 38.2 Å². The first kappa shape index (κ1) is 21.3. The molecule has 8 heteroatoms. The van der Waals surface area contributed by atoms with Crippen molar-refractivity contribution in [1.29, 1.82) is 0 Å². The van der Waals surface area contributed by atoms with Gasteiger partial charge in [0.1, 0.15) is 11.6 Å². The zero-order chi connectivity index (χ0) is 22.1. The fraction of sp³-hybridized carbons (Fsp3) is 0.542. The SMILES string of the molecule is Cc1noc(-c2cc3c(F)cccc3nc2N2CCC(NC3CCCCC3)C(CO)C2)n1. The van der Waals surface area contributed by atoms with Gasteiger partial charge in [-0.2, -0.15) is 4.98 Å². The number of hydrogen-bond donors (Lipinski definition) is 2. The molecule has 170 valence electrons. The first-order valence-electron chi connectivity index (χ1n) is 11.6. The lowest BCUT2D eigenvalue weighted by Crippen LogP contribution is -2.53. The molecule has 2 N–H and O–H groups in total. The van der Waals surface area contributed by atoms with Gasteiger partial charge in [-0.1, -0.05) is 30.5 Å². The second kappa shape index (κ2) is 9.11. The number of anilines is 1. The van der Waals surface area contributed by atoms with Crippen LogP contribution in [-0.2, 0) is 0 Å². The molecule has 2 unspecified atom stereocenters. The topological polar surface area (TPSA) is 87.3 Å². The van der Waals surface area contributed by atoms with Crippen LogP contribution in [0.25, 0.3) is 22.4 Å². The minimum atomic E-state index is -0.331. The Morgan fingerprint density at radius 1 is 1.19 bits per heavy atom. The Hall–Kier alpha value is -2.58. The number of rotatable bonds is 5. The summed E-state index contributed by atoms with van der Waals surface area (Å²) >= 11 is 0. The van der Waals surface area contributed by atoms with Gasteiger partial charge in [0, 0.05) is 43.1 Å². The van der Waals surface area contributed by atoms with Gasteiger partial charge in [-0.25, -0.2) is 9.37 Å². The molecule has 1 aromatic carbocycles. The Morgan fingerprint density at radius 2 is 2.03 bits per heavy atom. The van der Waals surface area contributed by atoms with Crippen molar-refractivity contribution in [3.8, 4) is 11.5 Å². The Balaban J connectivity index is 1.46. The summed E-state index contributed by atoms with van der Waals surface area (Å²) in [5, 5.41) is 18.3. The number of aliphatic hydroxyl groups excluding tert-OH is 1. The summed E-state index contributed by atoms with van der Waals surface area (Å²) in [4.78, 5) is 11.4. The van der Waals surface area contributed by atoms with Crippen molar-refractivity contribution in [1.82, 2.24) is 20.4 Å². The molecule has 0 amide bonds. The maximum Gasteiger partial charge on any atom is 0.261 e. The summed E-state index contributed by atoms with van der Waals surface area (Å²) in [5.41, 5.74) is 1.21. The van der Waals surface area contributed by atoms with Crippen LogP contribution >= 0.6 is 0 Å². The molecule has 1 saturated heterocycles. The summed E-state index contributed by atoms with van der Waals surface area (Å²) in [6.07, 6.45) is 7.24. The second-order valence-electron chi connectivity index (χ2n) is 9.10. The molecular formula is C24H30FN5O2. The predicted octanol–water partition coefficient (Wildman–Crippen LogP) is 3.84. The summed E-state index contributed by atoms with van der Waals surface area (Å²) in [7, 11) is 0. The summed E-state index contributed by atoms with van der Waals surface area (Å²) in [6, 6.07) is 7.49. The van der Waals surface area contributed by atoms with E-state index in [0.29, 0.717) is 46.6 Å². The molecule has 3 aromatic rings. The number of halogens is 1. The number of piperidine rings is 1. The Bertz CT molecular complexity index is 1080. The lowest BCUT2D eigenvalue weighted by Gasteiger charge is -2.41. The lowest BCUT2D eigenvalue weighted by molar-refractivity contribution is 0.160. The maximum absolute atomic E-state index is 14.5. The fourth-order valence-electron chi connectivity index (χ4n) is 5.16. The molecule has 0 bridgehead atoms. The number of hydrogen-bond acceptors (Lipinski definition) is 7. The van der Waals surface area contributed by atoms with Gasteiger partial charge in [0.2, 0.25) is 0 Å². The third-order valence-electron chi connectivity index (χ3n) is 6.87. The number of nitrogens with zero attached hydrogens (tertiary/aromatic N) is 4. The molecule has 7 nitrogen and oxygen atoms in total. The highest BCUT2D eigenvalue weighted by atomic mass is 19.1. The van der Waals surface area contributed by atoms with Crippen molar-refractivity contribution in [3.63, 3.8) is 0 Å². The molecule has 32 heavy (non-hydrogen) atoms. The molecule has 2 aromatic heterocycles. The van der Waals surface area contributed by atoms with Crippen LogP contribution in [0.5, 0.6) is 0 Å². The molecule has 0 radical (unpaired) electrons. The maximum atomic E-state index is 14.5. The smallest absolute Gasteiger partial charge is 0.261 e. The van der Waals surface area contributed by atoms with Gasteiger partial charge < -0.3 is 19.8 Å². The molecule has 1 saturated carbocycles. The Morgan fingerprint density at radius 3 is 2.78 bits per heavy atom. The number of pyridine rings is 1. The predicted molar refractivity (Wildman–Crippen MR) is 121 cm³/mol. The van der Waals surface area contributed by atoms with Gasteiger partial charge in [0.25, 0.3) is 5.89 Å². The average molecular weight is 440 g/mol. The van der Waals surface area contributed by atoms with E-state index in [0.717, 1.165) is 13.0 Å². The van der Waals surface area contributed by atoms with Crippen LogP contribution in [0.4, 0.5) is 10.2 Å². The van der Waals surface area contributed by atoms with Gasteiger partial charge >= 0.3 is 0 Å². The van der Waals surface area contributed by atoms with Gasteiger partial charge in [0.15, 0.2) is 5.82 Å². The number of aryl methyl sites for hydroxylation is 1.